The number of nitrogens with zero attached hydrogens (tertiary/aromatic N) is 4. The van der Waals surface area contributed by atoms with Crippen molar-refractivity contribution in [2.45, 2.75) is 31.0 Å². The second-order valence-electron chi connectivity index (χ2n) is 6.85. The van der Waals surface area contributed by atoms with Crippen LogP contribution in [0.4, 0.5) is 5.69 Å². The average Bonchev–Trinajstić information content (AvgIpc) is 3.20. The van der Waals surface area contributed by atoms with Crippen LogP contribution in [0, 0.1) is 0 Å². The highest BCUT2D eigenvalue weighted by Crippen LogP contribution is 2.32. The Morgan fingerprint density at radius 2 is 1.85 bits per heavy atom. The lowest BCUT2D eigenvalue weighted by Crippen LogP contribution is -2.37. The van der Waals surface area contributed by atoms with Crippen molar-refractivity contribution in [3.8, 4) is 0 Å². The van der Waals surface area contributed by atoms with E-state index >= 15 is 0 Å². The molecule has 0 aliphatic carbocycles. The number of carbonyl (C=O) groups excluding carboxylic acids is 1. The van der Waals surface area contributed by atoms with Crippen LogP contribution >= 0.6 is 11.8 Å². The third-order valence-electron chi connectivity index (χ3n) is 4.93. The van der Waals surface area contributed by atoms with E-state index < -0.39 is 0 Å². The zero-order valence-electron chi connectivity index (χ0n) is 15.5. The lowest BCUT2D eigenvalue weighted by atomic mass is 10.1. The van der Waals surface area contributed by atoms with Gasteiger partial charge in [0, 0.05) is 25.2 Å². The number of benzene rings is 2. The first-order valence-corrected chi connectivity index (χ1v) is 10.1. The molecule has 1 amide bonds. The zero-order chi connectivity index (χ0) is 18.8. The number of carbonyl (C=O) groups is 1. The lowest BCUT2D eigenvalue weighted by Gasteiger charge is -2.22. The van der Waals surface area contributed by atoms with E-state index in [1.807, 2.05) is 52.9 Å². The maximum absolute atomic E-state index is 12.8. The van der Waals surface area contributed by atoms with Crippen LogP contribution in [0.1, 0.15) is 23.9 Å². The molecule has 0 fully saturated rings. The number of thioether (sulfide) groups is 1. The van der Waals surface area contributed by atoms with Crippen molar-refractivity contribution in [2.75, 3.05) is 10.7 Å². The van der Waals surface area contributed by atoms with Crippen molar-refractivity contribution in [1.29, 1.82) is 0 Å². The minimum absolute atomic E-state index is 0.116. The number of hydrogen-bond acceptors (Lipinski definition) is 4. The Bertz CT molecular complexity index is 954. The van der Waals surface area contributed by atoms with Crippen molar-refractivity contribution in [3.05, 3.63) is 71.5 Å². The van der Waals surface area contributed by atoms with Crippen molar-refractivity contribution < 1.29 is 4.79 Å². The first kappa shape index (κ1) is 17.8. The molecule has 4 rings (SSSR count). The van der Waals surface area contributed by atoms with Gasteiger partial charge in [0.1, 0.15) is 5.82 Å². The van der Waals surface area contributed by atoms with Gasteiger partial charge in [-0.05, 0) is 30.5 Å². The maximum Gasteiger partial charge on any atom is 0.237 e. The summed E-state index contributed by atoms with van der Waals surface area (Å²) in [6.45, 7) is 2.10. The molecule has 0 saturated heterocycles. The summed E-state index contributed by atoms with van der Waals surface area (Å²) in [4.78, 5) is 14.8. The quantitative estimate of drug-likeness (QED) is 0.638. The van der Waals surface area contributed by atoms with Gasteiger partial charge in [0.25, 0.3) is 0 Å². The van der Waals surface area contributed by atoms with Crippen LogP contribution in [0.2, 0.25) is 0 Å². The fourth-order valence-corrected chi connectivity index (χ4v) is 4.33. The highest BCUT2D eigenvalue weighted by atomic mass is 32.2. The van der Waals surface area contributed by atoms with E-state index in [2.05, 4.69) is 35.3 Å². The van der Waals surface area contributed by atoms with Crippen molar-refractivity contribution in [2.24, 2.45) is 7.05 Å². The number of amides is 1. The molecule has 1 aliphatic heterocycles. The van der Waals surface area contributed by atoms with Gasteiger partial charge in [0.2, 0.25) is 5.91 Å². The Labute approximate surface area is 163 Å². The fraction of sp³-hybridized carbons (Fsp3) is 0.286. The van der Waals surface area contributed by atoms with Gasteiger partial charge in [0.15, 0.2) is 5.16 Å². The second-order valence-corrected chi connectivity index (χ2v) is 7.80. The molecule has 2 aromatic carbocycles. The van der Waals surface area contributed by atoms with E-state index in [1.165, 1.54) is 22.9 Å². The van der Waals surface area contributed by atoms with E-state index in [1.54, 1.807) is 0 Å². The van der Waals surface area contributed by atoms with Gasteiger partial charge in [-0.3, -0.25) is 4.79 Å². The number of fused-ring (bicyclic) bond motifs is 1. The number of rotatable bonds is 5. The van der Waals surface area contributed by atoms with Crippen LogP contribution in [-0.2, 0) is 24.7 Å². The molecule has 6 heteroatoms. The van der Waals surface area contributed by atoms with E-state index in [-0.39, 0.29) is 11.9 Å². The molecule has 1 aromatic heterocycles. The van der Waals surface area contributed by atoms with Gasteiger partial charge < -0.3 is 9.47 Å². The lowest BCUT2D eigenvalue weighted by molar-refractivity contribution is -0.116. The van der Waals surface area contributed by atoms with E-state index in [0.29, 0.717) is 5.75 Å². The van der Waals surface area contributed by atoms with Gasteiger partial charge in [-0.1, -0.05) is 60.3 Å². The Morgan fingerprint density at radius 1 is 1.11 bits per heavy atom. The van der Waals surface area contributed by atoms with Gasteiger partial charge in [0.05, 0.1) is 5.75 Å². The summed E-state index contributed by atoms with van der Waals surface area (Å²) < 4.78 is 1.98. The second kappa shape index (κ2) is 7.56. The summed E-state index contributed by atoms with van der Waals surface area (Å²) in [5, 5.41) is 9.36. The molecule has 0 saturated carbocycles. The Hall–Kier alpha value is -2.60. The molecule has 0 radical (unpaired) electrons. The summed E-state index contributed by atoms with van der Waals surface area (Å²) >= 11 is 1.45. The first-order valence-electron chi connectivity index (χ1n) is 9.08. The van der Waals surface area contributed by atoms with Crippen LogP contribution < -0.4 is 4.90 Å². The predicted molar refractivity (Wildman–Crippen MR) is 108 cm³/mol. The largest absolute Gasteiger partial charge is 0.309 e. The molecular weight excluding hydrogens is 356 g/mol. The van der Waals surface area contributed by atoms with Crippen molar-refractivity contribution in [3.63, 3.8) is 0 Å². The molecule has 1 aliphatic rings. The standard InChI is InChI=1S/C21H22N4OS/c1-15-12-17-10-6-7-11-18(17)25(15)20(26)14-27-21-23-22-19(24(21)2)13-16-8-4-3-5-9-16/h3-11,15H,12-14H2,1-2H3. The number of para-hydroxylation sites is 1. The zero-order valence-corrected chi connectivity index (χ0v) is 16.3. The Kier molecular flexibility index (Phi) is 4.99. The van der Waals surface area contributed by atoms with Crippen LogP contribution in [0.5, 0.6) is 0 Å². The number of anilines is 1. The average molecular weight is 379 g/mol. The highest BCUT2D eigenvalue weighted by molar-refractivity contribution is 7.99. The summed E-state index contributed by atoms with van der Waals surface area (Å²) in [6.07, 6.45) is 1.65. The molecule has 27 heavy (non-hydrogen) atoms. The Morgan fingerprint density at radius 3 is 2.67 bits per heavy atom. The summed E-state index contributed by atoms with van der Waals surface area (Å²) in [5.74, 6) is 1.37. The molecule has 0 spiro atoms. The summed E-state index contributed by atoms with van der Waals surface area (Å²) in [6, 6.07) is 18.6. The Balaban J connectivity index is 1.43. The predicted octanol–water partition coefficient (Wildman–Crippen LogP) is 3.48. The van der Waals surface area contributed by atoms with Crippen LogP contribution in [0.25, 0.3) is 0 Å². The molecular formula is C21H22N4OS. The third kappa shape index (κ3) is 3.62. The van der Waals surface area contributed by atoms with Crippen LogP contribution in [0.3, 0.4) is 0 Å². The fourth-order valence-electron chi connectivity index (χ4n) is 3.54. The molecule has 2 heterocycles. The van der Waals surface area contributed by atoms with E-state index in [0.717, 1.165) is 29.5 Å². The molecule has 0 N–H and O–H groups in total. The van der Waals surface area contributed by atoms with Gasteiger partial charge in [-0.15, -0.1) is 10.2 Å². The van der Waals surface area contributed by atoms with Crippen molar-refractivity contribution >= 4 is 23.4 Å². The number of hydrogen-bond donors (Lipinski definition) is 0. The molecule has 1 unspecified atom stereocenters. The van der Waals surface area contributed by atoms with Crippen LogP contribution in [0.15, 0.2) is 59.8 Å². The van der Waals surface area contributed by atoms with Crippen molar-refractivity contribution in [1.82, 2.24) is 14.8 Å². The smallest absolute Gasteiger partial charge is 0.237 e. The SMILES string of the molecule is CC1Cc2ccccc2N1C(=O)CSc1nnc(Cc2ccccc2)n1C. The van der Waals surface area contributed by atoms with E-state index in [4.69, 9.17) is 0 Å². The topological polar surface area (TPSA) is 51.0 Å². The summed E-state index contributed by atoms with van der Waals surface area (Å²) in [7, 11) is 1.96. The molecule has 3 aromatic rings. The van der Waals surface area contributed by atoms with Gasteiger partial charge in [-0.25, -0.2) is 0 Å². The molecule has 5 nitrogen and oxygen atoms in total. The third-order valence-corrected chi connectivity index (χ3v) is 5.94. The van der Waals surface area contributed by atoms with E-state index in [9.17, 15) is 4.79 Å². The normalized spacial score (nSPS) is 15.8. The monoisotopic (exact) mass is 378 g/mol. The first-order chi connectivity index (χ1) is 13.1. The van der Waals surface area contributed by atoms with Gasteiger partial charge in [-0.2, -0.15) is 0 Å². The molecule has 1 atom stereocenters. The minimum atomic E-state index is 0.116. The minimum Gasteiger partial charge on any atom is -0.309 e. The molecule has 138 valence electrons. The summed E-state index contributed by atoms with van der Waals surface area (Å²) in [5.41, 5.74) is 3.48. The van der Waals surface area contributed by atoms with Gasteiger partial charge >= 0.3 is 0 Å². The number of aromatic nitrogens is 3. The molecule has 0 bridgehead atoms. The highest BCUT2D eigenvalue weighted by Gasteiger charge is 2.30. The van der Waals surface area contributed by atoms with Crippen LogP contribution in [-0.4, -0.2) is 32.5 Å². The maximum atomic E-state index is 12.8.